The molecule has 1 atom stereocenters. The number of carbonyl (C=O) groups is 2. The van der Waals surface area contributed by atoms with Crippen molar-refractivity contribution in [2.24, 2.45) is 11.3 Å². The van der Waals surface area contributed by atoms with Crippen molar-refractivity contribution in [1.29, 1.82) is 0 Å². The van der Waals surface area contributed by atoms with Crippen LogP contribution in [0.1, 0.15) is 35.9 Å². The van der Waals surface area contributed by atoms with E-state index < -0.39 is 17.7 Å². The molecule has 0 radical (unpaired) electrons. The van der Waals surface area contributed by atoms with Gasteiger partial charge in [0.05, 0.1) is 24.5 Å². The number of carboxylic acid groups (broad SMARTS) is 1. The van der Waals surface area contributed by atoms with Crippen molar-refractivity contribution in [2.75, 3.05) is 19.0 Å². The van der Waals surface area contributed by atoms with E-state index in [1.807, 2.05) is 0 Å². The lowest BCUT2D eigenvalue weighted by atomic mass is 10.0. The van der Waals surface area contributed by atoms with Gasteiger partial charge in [0.1, 0.15) is 0 Å². The van der Waals surface area contributed by atoms with Crippen molar-refractivity contribution < 1.29 is 28.6 Å². The number of thiophene rings is 1. The van der Waals surface area contributed by atoms with Crippen molar-refractivity contribution >= 4 is 49.1 Å². The van der Waals surface area contributed by atoms with Crippen LogP contribution in [0.15, 0.2) is 12.1 Å². The van der Waals surface area contributed by atoms with Gasteiger partial charge < -0.3 is 14.6 Å². The van der Waals surface area contributed by atoms with Crippen molar-refractivity contribution in [3.63, 3.8) is 0 Å². The van der Waals surface area contributed by atoms with Gasteiger partial charge in [-0.25, -0.2) is 4.39 Å². The minimum Gasteiger partial charge on any atom is -0.493 e. The number of ketones is 1. The fourth-order valence-corrected chi connectivity index (χ4v) is 4.46. The lowest BCUT2D eigenvalue weighted by Gasteiger charge is -2.16. The van der Waals surface area contributed by atoms with E-state index in [9.17, 15) is 9.59 Å². The van der Waals surface area contributed by atoms with Crippen LogP contribution in [0.5, 0.6) is 11.5 Å². The average Bonchev–Trinajstić information content (AvgIpc) is 3.29. The largest absolute Gasteiger partial charge is 0.493 e. The molecule has 1 unspecified atom stereocenters. The molecule has 0 spiro atoms. The van der Waals surface area contributed by atoms with Crippen LogP contribution >= 0.6 is 27.3 Å². The number of methoxy groups -OCH3 is 1. The Morgan fingerprint density at radius 3 is 2.67 bits per heavy atom. The van der Waals surface area contributed by atoms with E-state index in [0.29, 0.717) is 16.2 Å². The summed E-state index contributed by atoms with van der Waals surface area (Å²) in [5.41, 5.74) is 0.0507. The first-order chi connectivity index (χ1) is 12.8. The van der Waals surface area contributed by atoms with Gasteiger partial charge in [-0.15, -0.1) is 11.3 Å². The van der Waals surface area contributed by atoms with Crippen LogP contribution in [-0.2, 0) is 4.79 Å². The molecule has 3 rings (SSSR count). The monoisotopic (exact) mass is 458 g/mol. The Morgan fingerprint density at radius 1 is 1.41 bits per heavy atom. The standard InChI is InChI=1S/C19H20BrFO5S/c1-10(18(23)24)5-12(22)15-6-11-14(27-15)7-13(25-2)17(16(11)21)26-9-19(8-20)3-4-19/h6-7,10H,3-5,8-9H2,1-2H3,(H,23,24). The fourth-order valence-electron chi connectivity index (χ4n) is 2.71. The molecule has 146 valence electrons. The lowest BCUT2D eigenvalue weighted by Crippen LogP contribution is -2.15. The van der Waals surface area contributed by atoms with E-state index in [-0.39, 0.29) is 34.5 Å². The van der Waals surface area contributed by atoms with Crippen LogP contribution in [-0.4, -0.2) is 35.9 Å². The molecule has 8 heteroatoms. The molecule has 1 saturated carbocycles. The Hall–Kier alpha value is -1.67. The summed E-state index contributed by atoms with van der Waals surface area (Å²) < 4.78 is 26.7. The molecule has 27 heavy (non-hydrogen) atoms. The first-order valence-electron chi connectivity index (χ1n) is 8.55. The van der Waals surface area contributed by atoms with E-state index in [2.05, 4.69) is 15.9 Å². The van der Waals surface area contributed by atoms with Gasteiger partial charge in [-0.3, -0.25) is 9.59 Å². The van der Waals surface area contributed by atoms with Crippen molar-refractivity contribution in [3.05, 3.63) is 22.8 Å². The number of carboxylic acids is 1. The maximum absolute atomic E-state index is 15.1. The van der Waals surface area contributed by atoms with Crippen LogP contribution < -0.4 is 9.47 Å². The van der Waals surface area contributed by atoms with Gasteiger partial charge >= 0.3 is 5.97 Å². The van der Waals surface area contributed by atoms with Gasteiger partial charge in [0, 0.05) is 33.3 Å². The number of Topliss-reactive ketones (excluding diaryl/α,β-unsaturated/α-hetero) is 1. The summed E-state index contributed by atoms with van der Waals surface area (Å²) in [6.45, 7) is 1.86. The van der Waals surface area contributed by atoms with Gasteiger partial charge in [-0.1, -0.05) is 22.9 Å². The molecule has 0 amide bonds. The van der Waals surface area contributed by atoms with Gasteiger partial charge in [0.15, 0.2) is 23.1 Å². The second kappa shape index (κ2) is 7.75. The minimum atomic E-state index is -1.03. The number of halogens is 2. The number of fused-ring (bicyclic) bond motifs is 1. The van der Waals surface area contributed by atoms with Gasteiger partial charge in [0.25, 0.3) is 0 Å². The molecule has 1 aliphatic carbocycles. The highest BCUT2D eigenvalue weighted by Gasteiger charge is 2.42. The number of alkyl halides is 1. The minimum absolute atomic E-state index is 0.0490. The lowest BCUT2D eigenvalue weighted by molar-refractivity contribution is -0.141. The highest BCUT2D eigenvalue weighted by atomic mass is 79.9. The normalized spacial score (nSPS) is 16.1. The number of ether oxygens (including phenoxy) is 2. The molecule has 1 fully saturated rings. The topological polar surface area (TPSA) is 72.8 Å². The molecule has 1 aromatic carbocycles. The molecule has 0 aliphatic heterocycles. The van der Waals surface area contributed by atoms with Gasteiger partial charge in [0.2, 0.25) is 0 Å². The number of aliphatic carboxylic acids is 1. The first kappa shape index (κ1) is 20.1. The second-order valence-corrected chi connectivity index (χ2v) is 8.68. The van der Waals surface area contributed by atoms with Crippen molar-refractivity contribution in [2.45, 2.75) is 26.2 Å². The molecular formula is C19H20BrFO5S. The zero-order chi connectivity index (χ0) is 19.8. The van der Waals surface area contributed by atoms with E-state index in [0.717, 1.165) is 29.5 Å². The number of hydrogen-bond donors (Lipinski definition) is 1. The summed E-state index contributed by atoms with van der Waals surface area (Å²) in [5, 5.41) is 10.1. The van der Waals surface area contributed by atoms with E-state index >= 15 is 4.39 Å². The van der Waals surface area contributed by atoms with Crippen LogP contribution in [0.4, 0.5) is 4.39 Å². The van der Waals surface area contributed by atoms with Gasteiger partial charge in [-0.2, -0.15) is 0 Å². The Morgan fingerprint density at radius 2 is 2.11 bits per heavy atom. The number of carbonyl (C=O) groups excluding carboxylic acids is 1. The molecule has 0 saturated heterocycles. The van der Waals surface area contributed by atoms with Crippen molar-refractivity contribution in [3.8, 4) is 11.5 Å². The quantitative estimate of drug-likeness (QED) is 0.427. The summed E-state index contributed by atoms with van der Waals surface area (Å²) in [6, 6.07) is 3.12. The Bertz CT molecular complexity index is 890. The third kappa shape index (κ3) is 4.11. The molecule has 1 N–H and O–H groups in total. The Kier molecular flexibility index (Phi) is 5.76. The van der Waals surface area contributed by atoms with E-state index in [1.54, 1.807) is 6.07 Å². The summed E-state index contributed by atoms with van der Waals surface area (Å²) in [4.78, 5) is 23.6. The predicted molar refractivity (Wildman–Crippen MR) is 105 cm³/mol. The first-order valence-corrected chi connectivity index (χ1v) is 10.5. The maximum Gasteiger partial charge on any atom is 0.306 e. The fraction of sp³-hybridized carbons (Fsp3) is 0.474. The maximum atomic E-state index is 15.1. The number of hydrogen-bond acceptors (Lipinski definition) is 5. The zero-order valence-corrected chi connectivity index (χ0v) is 17.4. The molecule has 1 aromatic heterocycles. The predicted octanol–water partition coefficient (Wildman–Crippen LogP) is 4.90. The Balaban J connectivity index is 1.90. The van der Waals surface area contributed by atoms with E-state index in [4.69, 9.17) is 14.6 Å². The van der Waals surface area contributed by atoms with Crippen LogP contribution in [0, 0.1) is 17.2 Å². The SMILES string of the molecule is COc1cc2sc(C(=O)CC(C)C(=O)O)cc2c(F)c1OCC1(CBr)CC1. The summed E-state index contributed by atoms with van der Waals surface area (Å²) in [6.07, 6.45) is 1.94. The van der Waals surface area contributed by atoms with Crippen LogP contribution in [0.2, 0.25) is 0 Å². The molecule has 5 nitrogen and oxygen atoms in total. The molecular weight excluding hydrogens is 439 g/mol. The number of rotatable bonds is 9. The highest BCUT2D eigenvalue weighted by Crippen LogP contribution is 2.48. The zero-order valence-electron chi connectivity index (χ0n) is 15.0. The van der Waals surface area contributed by atoms with Gasteiger partial charge in [-0.05, 0) is 18.9 Å². The highest BCUT2D eigenvalue weighted by molar-refractivity contribution is 9.09. The molecule has 1 heterocycles. The average molecular weight is 459 g/mol. The van der Waals surface area contributed by atoms with E-state index in [1.165, 1.54) is 20.1 Å². The second-order valence-electron chi connectivity index (χ2n) is 7.03. The summed E-state index contributed by atoms with van der Waals surface area (Å²) in [7, 11) is 1.44. The molecule has 2 aromatic rings. The number of benzene rings is 1. The van der Waals surface area contributed by atoms with Crippen LogP contribution in [0.25, 0.3) is 10.1 Å². The smallest absolute Gasteiger partial charge is 0.306 e. The molecule has 1 aliphatic rings. The Labute approximate surface area is 168 Å². The summed E-state index contributed by atoms with van der Waals surface area (Å²) in [5.74, 6) is -2.37. The molecule has 0 bridgehead atoms. The van der Waals surface area contributed by atoms with Crippen LogP contribution in [0.3, 0.4) is 0 Å². The summed E-state index contributed by atoms with van der Waals surface area (Å²) >= 11 is 4.59. The third-order valence-corrected chi connectivity index (χ3v) is 7.17. The third-order valence-electron chi connectivity index (χ3n) is 4.85. The van der Waals surface area contributed by atoms with Crippen molar-refractivity contribution in [1.82, 2.24) is 0 Å².